The minimum atomic E-state index is -0.321. The number of aldehydes is 1. The van der Waals surface area contributed by atoms with E-state index in [1.165, 1.54) is 0 Å². The Balaban J connectivity index is 4.04. The highest BCUT2D eigenvalue weighted by atomic mass is 16.5. The fraction of sp³-hybridized carbons (Fsp3) is 0.900. The number of hydrogen-bond donors (Lipinski definition) is 1. The zero-order valence-corrected chi connectivity index (χ0v) is 9.04. The highest BCUT2D eigenvalue weighted by Crippen LogP contribution is 2.21. The van der Waals surface area contributed by atoms with E-state index in [0.29, 0.717) is 13.0 Å². The number of rotatable bonds is 6. The van der Waals surface area contributed by atoms with E-state index in [1.807, 2.05) is 27.7 Å². The molecule has 0 aliphatic rings. The van der Waals surface area contributed by atoms with Gasteiger partial charge in [-0.05, 0) is 32.2 Å². The van der Waals surface area contributed by atoms with E-state index >= 15 is 0 Å². The smallest absolute Gasteiger partial charge is 0.148 e. The Hall–Kier alpha value is -0.410. The molecular weight excluding hydrogens is 166 g/mol. The molecule has 0 spiro atoms. The molecule has 0 aromatic carbocycles. The second kappa shape index (κ2) is 5.35. The number of ether oxygens (including phenoxy) is 1. The molecule has 13 heavy (non-hydrogen) atoms. The summed E-state index contributed by atoms with van der Waals surface area (Å²) in [6.45, 7) is 8.48. The lowest BCUT2D eigenvalue weighted by Gasteiger charge is -2.26. The maximum absolute atomic E-state index is 10.7. The Labute approximate surface area is 80.6 Å². The van der Waals surface area contributed by atoms with Gasteiger partial charge in [-0.15, -0.1) is 0 Å². The van der Waals surface area contributed by atoms with Gasteiger partial charge in [0.1, 0.15) is 12.4 Å². The average molecular weight is 187 g/mol. The summed E-state index contributed by atoms with van der Waals surface area (Å²) in [6.07, 6.45) is 1.31. The van der Waals surface area contributed by atoms with E-state index in [-0.39, 0.29) is 17.6 Å². The molecule has 0 fully saturated rings. The summed E-state index contributed by atoms with van der Waals surface area (Å²) in [5.74, 6) is 0. The van der Waals surface area contributed by atoms with Gasteiger partial charge in [0.25, 0.3) is 0 Å². The summed E-state index contributed by atoms with van der Waals surface area (Å²) in [5, 5.41) is 0. The quantitative estimate of drug-likeness (QED) is 0.639. The van der Waals surface area contributed by atoms with Crippen molar-refractivity contribution in [1.29, 1.82) is 0 Å². The molecule has 3 nitrogen and oxygen atoms in total. The number of hydrogen-bond acceptors (Lipinski definition) is 3. The molecule has 1 atom stereocenters. The maximum Gasteiger partial charge on any atom is 0.148 e. The molecule has 0 amide bonds. The van der Waals surface area contributed by atoms with Crippen LogP contribution in [0.3, 0.4) is 0 Å². The fourth-order valence-corrected chi connectivity index (χ4v) is 1.11. The molecule has 0 saturated heterocycles. The van der Waals surface area contributed by atoms with Crippen molar-refractivity contribution in [2.45, 2.75) is 46.3 Å². The Kier molecular flexibility index (Phi) is 5.18. The molecule has 0 aliphatic heterocycles. The van der Waals surface area contributed by atoms with E-state index in [9.17, 15) is 4.79 Å². The molecule has 0 aromatic rings. The van der Waals surface area contributed by atoms with Crippen molar-refractivity contribution in [1.82, 2.24) is 0 Å². The minimum Gasteiger partial charge on any atom is -0.368 e. The van der Waals surface area contributed by atoms with Crippen LogP contribution in [0.1, 0.15) is 34.1 Å². The first-order valence-electron chi connectivity index (χ1n) is 4.72. The van der Waals surface area contributed by atoms with Crippen LogP contribution >= 0.6 is 0 Å². The van der Waals surface area contributed by atoms with Crippen molar-refractivity contribution >= 4 is 6.29 Å². The van der Waals surface area contributed by atoms with E-state index in [4.69, 9.17) is 10.5 Å². The van der Waals surface area contributed by atoms with E-state index < -0.39 is 0 Å². The van der Waals surface area contributed by atoms with Gasteiger partial charge in [-0.2, -0.15) is 0 Å². The molecule has 0 saturated carbocycles. The minimum absolute atomic E-state index is 0.0273. The Morgan fingerprint density at radius 2 is 2.00 bits per heavy atom. The summed E-state index contributed by atoms with van der Waals surface area (Å²) in [5.41, 5.74) is 5.54. The summed E-state index contributed by atoms with van der Waals surface area (Å²) in [7, 11) is 0. The van der Waals surface area contributed by atoms with Gasteiger partial charge in [0.05, 0.1) is 6.10 Å². The van der Waals surface area contributed by atoms with Crippen molar-refractivity contribution < 1.29 is 9.53 Å². The third-order valence-electron chi connectivity index (χ3n) is 1.91. The van der Waals surface area contributed by atoms with Gasteiger partial charge in [0, 0.05) is 0 Å². The second-order valence-electron chi connectivity index (χ2n) is 4.43. The highest BCUT2D eigenvalue weighted by molar-refractivity contribution is 5.56. The molecule has 0 bridgehead atoms. The van der Waals surface area contributed by atoms with Gasteiger partial charge in [-0.3, -0.25) is 0 Å². The third kappa shape index (κ3) is 5.77. The molecule has 78 valence electrons. The molecule has 0 rings (SSSR count). The van der Waals surface area contributed by atoms with Crippen molar-refractivity contribution in [2.75, 3.05) is 6.54 Å². The average Bonchev–Trinajstić information content (AvgIpc) is 2.02. The van der Waals surface area contributed by atoms with Crippen LogP contribution < -0.4 is 5.73 Å². The zero-order chi connectivity index (χ0) is 10.5. The van der Waals surface area contributed by atoms with Gasteiger partial charge in [-0.25, -0.2) is 0 Å². The molecule has 0 aliphatic carbocycles. The standard InChI is InChI=1S/C10H21NO2/c1-8(2)13-9(6-12)5-10(3,4)7-11/h6,8-9H,5,7,11H2,1-4H3. The van der Waals surface area contributed by atoms with Crippen LogP contribution in [0.15, 0.2) is 0 Å². The van der Waals surface area contributed by atoms with Crippen LogP contribution in [0.25, 0.3) is 0 Å². The molecule has 3 heteroatoms. The molecule has 0 aromatic heterocycles. The van der Waals surface area contributed by atoms with Crippen molar-refractivity contribution in [3.63, 3.8) is 0 Å². The zero-order valence-electron chi connectivity index (χ0n) is 9.04. The third-order valence-corrected chi connectivity index (χ3v) is 1.91. The number of carbonyl (C=O) groups excluding carboxylic acids is 1. The van der Waals surface area contributed by atoms with Crippen molar-refractivity contribution in [3.05, 3.63) is 0 Å². The lowest BCUT2D eigenvalue weighted by atomic mass is 9.87. The van der Waals surface area contributed by atoms with Crippen LogP contribution in [0.2, 0.25) is 0 Å². The second-order valence-corrected chi connectivity index (χ2v) is 4.43. The Morgan fingerprint density at radius 1 is 1.46 bits per heavy atom. The normalized spacial score (nSPS) is 14.6. The lowest BCUT2D eigenvalue weighted by Crippen LogP contribution is -2.31. The molecular formula is C10H21NO2. The van der Waals surface area contributed by atoms with Gasteiger partial charge in [-0.1, -0.05) is 13.8 Å². The summed E-state index contributed by atoms with van der Waals surface area (Å²) < 4.78 is 5.41. The number of nitrogens with two attached hydrogens (primary N) is 1. The SMILES string of the molecule is CC(C)OC(C=O)CC(C)(C)CN. The van der Waals surface area contributed by atoms with Crippen molar-refractivity contribution in [2.24, 2.45) is 11.1 Å². The van der Waals surface area contributed by atoms with Crippen molar-refractivity contribution in [3.8, 4) is 0 Å². The number of carbonyl (C=O) groups is 1. The highest BCUT2D eigenvalue weighted by Gasteiger charge is 2.22. The molecule has 2 N–H and O–H groups in total. The summed E-state index contributed by atoms with van der Waals surface area (Å²) in [6, 6.07) is 0. The van der Waals surface area contributed by atoms with E-state index in [1.54, 1.807) is 0 Å². The summed E-state index contributed by atoms with van der Waals surface area (Å²) >= 11 is 0. The van der Waals surface area contributed by atoms with Crippen LogP contribution in [-0.4, -0.2) is 25.0 Å². The van der Waals surface area contributed by atoms with E-state index in [0.717, 1.165) is 6.29 Å². The van der Waals surface area contributed by atoms with Crippen LogP contribution in [-0.2, 0) is 9.53 Å². The largest absolute Gasteiger partial charge is 0.368 e. The maximum atomic E-state index is 10.7. The van der Waals surface area contributed by atoms with Crippen LogP contribution in [0, 0.1) is 5.41 Å². The summed E-state index contributed by atoms with van der Waals surface area (Å²) in [4.78, 5) is 10.7. The Bertz CT molecular complexity index is 155. The van der Waals surface area contributed by atoms with Crippen LogP contribution in [0.5, 0.6) is 0 Å². The molecule has 0 radical (unpaired) electrons. The topological polar surface area (TPSA) is 52.3 Å². The molecule has 0 heterocycles. The first kappa shape index (κ1) is 12.6. The van der Waals surface area contributed by atoms with Gasteiger partial charge in [0.2, 0.25) is 0 Å². The first-order chi connectivity index (χ1) is 5.91. The van der Waals surface area contributed by atoms with Gasteiger partial charge in [0.15, 0.2) is 0 Å². The predicted octanol–water partition coefficient (Wildman–Crippen LogP) is 1.35. The molecule has 1 unspecified atom stereocenters. The van der Waals surface area contributed by atoms with Crippen LogP contribution in [0.4, 0.5) is 0 Å². The monoisotopic (exact) mass is 187 g/mol. The van der Waals surface area contributed by atoms with Gasteiger partial charge >= 0.3 is 0 Å². The van der Waals surface area contributed by atoms with E-state index in [2.05, 4.69) is 0 Å². The Morgan fingerprint density at radius 3 is 2.31 bits per heavy atom. The fourth-order valence-electron chi connectivity index (χ4n) is 1.11. The first-order valence-corrected chi connectivity index (χ1v) is 4.72. The predicted molar refractivity (Wildman–Crippen MR) is 53.5 cm³/mol. The lowest BCUT2D eigenvalue weighted by molar-refractivity contribution is -0.122. The van der Waals surface area contributed by atoms with Gasteiger partial charge < -0.3 is 15.3 Å².